The van der Waals surface area contributed by atoms with Gasteiger partial charge in [-0.15, -0.1) is 0 Å². The van der Waals surface area contributed by atoms with Crippen LogP contribution in [-0.4, -0.2) is 9.94 Å². The molecule has 0 saturated heterocycles. The van der Waals surface area contributed by atoms with Crippen LogP contribution >= 0.6 is 90.4 Å². The summed E-state index contributed by atoms with van der Waals surface area (Å²) in [6.07, 6.45) is 0.516. The predicted molar refractivity (Wildman–Crippen MR) is 131 cm³/mol. The molecular formula is C16H12F2I4O2S. The molecule has 2 aromatic carbocycles. The molecule has 9 heteroatoms. The van der Waals surface area contributed by atoms with Crippen LogP contribution in [0.25, 0.3) is 0 Å². The molecule has 0 aromatic heterocycles. The van der Waals surface area contributed by atoms with Crippen LogP contribution in [0.15, 0.2) is 48.5 Å². The van der Waals surface area contributed by atoms with E-state index < -0.39 is 11.4 Å². The zero-order chi connectivity index (χ0) is 18.9. The topological polar surface area (TPSA) is 34.1 Å². The summed E-state index contributed by atoms with van der Waals surface area (Å²) in [7, 11) is -3.60. The number of alkyl halides is 4. The van der Waals surface area contributed by atoms with Gasteiger partial charge in [-0.3, -0.25) is 0 Å². The number of benzene rings is 2. The van der Waals surface area contributed by atoms with E-state index in [-0.39, 0.29) is 24.5 Å². The number of halogens is 6. The summed E-state index contributed by atoms with van der Waals surface area (Å²) in [5, 5.41) is 0. The Labute approximate surface area is 200 Å². The highest BCUT2D eigenvalue weighted by molar-refractivity contribution is 14.2. The van der Waals surface area contributed by atoms with Crippen LogP contribution in [0.5, 0.6) is 0 Å². The highest BCUT2D eigenvalue weighted by atomic mass is 127. The fraction of sp³-hybridized carbons (Fsp3) is 0.250. The summed E-state index contributed by atoms with van der Waals surface area (Å²) in [5.41, 5.74) is 1.50. The molecule has 0 aliphatic heterocycles. The molecule has 0 saturated carbocycles. The van der Waals surface area contributed by atoms with Crippen LogP contribution in [0.4, 0.5) is 8.78 Å². The van der Waals surface area contributed by atoms with Crippen LogP contribution in [0, 0.1) is 11.6 Å². The van der Waals surface area contributed by atoms with Gasteiger partial charge in [-0.2, -0.15) is 0 Å². The second-order valence-corrected chi connectivity index (χ2v) is 22.2. The van der Waals surface area contributed by atoms with Crippen molar-refractivity contribution in [1.29, 1.82) is 0 Å². The monoisotopic (exact) mass is 814 g/mol. The third-order valence-electron chi connectivity index (χ3n) is 3.43. The second-order valence-electron chi connectivity index (χ2n) is 5.38. The molecule has 0 aliphatic carbocycles. The number of hydrogen-bond donors (Lipinski definition) is 0. The minimum absolute atomic E-state index is 0.258. The molecule has 0 spiro atoms. The summed E-state index contributed by atoms with van der Waals surface area (Å²) in [5.74, 6) is -0.708. The van der Waals surface area contributed by atoms with Crippen LogP contribution in [-0.2, 0) is 22.7 Å². The molecule has 0 unspecified atom stereocenters. The average Bonchev–Trinajstić information content (AvgIpc) is 2.51. The van der Waals surface area contributed by atoms with Crippen molar-refractivity contribution in [3.8, 4) is 0 Å². The van der Waals surface area contributed by atoms with E-state index in [9.17, 15) is 17.2 Å². The van der Waals surface area contributed by atoms with E-state index in [1.54, 1.807) is 24.3 Å². The lowest BCUT2D eigenvalue weighted by molar-refractivity contribution is 0.588. The Morgan fingerprint density at radius 2 is 0.960 bits per heavy atom. The standard InChI is InChI=1S/C16H12F2I4O2S/c17-13-5-1-11(2-6-13)9-15(19,20)25(23,24)16(21,22)10-12-3-7-14(18)8-4-12/h1-8H,9-10H2. The van der Waals surface area contributed by atoms with Crippen molar-refractivity contribution in [2.45, 2.75) is 14.4 Å². The molecular weight excluding hydrogens is 802 g/mol. The summed E-state index contributed by atoms with van der Waals surface area (Å²) in [4.78, 5) is 0. The Bertz CT molecular complexity index is 770. The maximum atomic E-state index is 13.2. The summed E-state index contributed by atoms with van der Waals surface area (Å²) in [6.45, 7) is 0. The predicted octanol–water partition coefficient (Wildman–Crippen LogP) is 6.21. The molecule has 0 radical (unpaired) electrons. The Balaban J connectivity index is 2.26. The van der Waals surface area contributed by atoms with E-state index in [1.807, 2.05) is 90.4 Å². The Morgan fingerprint density at radius 1 is 0.680 bits per heavy atom. The van der Waals surface area contributed by atoms with Gasteiger partial charge in [0, 0.05) is 12.8 Å². The van der Waals surface area contributed by atoms with E-state index in [0.717, 1.165) is 11.1 Å². The third-order valence-corrected chi connectivity index (χ3v) is 13.8. The van der Waals surface area contributed by atoms with Crippen molar-refractivity contribution in [1.82, 2.24) is 0 Å². The number of hydrogen-bond acceptors (Lipinski definition) is 2. The molecule has 0 fully saturated rings. The van der Waals surface area contributed by atoms with Gasteiger partial charge in [-0.1, -0.05) is 24.3 Å². The fourth-order valence-electron chi connectivity index (χ4n) is 2.09. The Hall–Kier alpha value is 1.17. The molecule has 2 rings (SSSR count). The molecule has 0 bridgehead atoms. The smallest absolute Gasteiger partial charge is 0.199 e. The van der Waals surface area contributed by atoms with E-state index in [0.29, 0.717) is 0 Å². The molecule has 2 nitrogen and oxygen atoms in total. The lowest BCUT2D eigenvalue weighted by Gasteiger charge is -2.30. The van der Waals surface area contributed by atoms with Gasteiger partial charge in [-0.25, -0.2) is 17.2 Å². The van der Waals surface area contributed by atoms with Gasteiger partial charge < -0.3 is 0 Å². The first-order chi connectivity index (χ1) is 11.4. The van der Waals surface area contributed by atoms with Gasteiger partial charge in [0.15, 0.2) is 11.4 Å². The maximum Gasteiger partial charge on any atom is 0.199 e. The van der Waals surface area contributed by atoms with Gasteiger partial charge in [0.1, 0.15) is 11.6 Å². The highest BCUT2D eigenvalue weighted by Crippen LogP contribution is 2.50. The van der Waals surface area contributed by atoms with Crippen LogP contribution in [0.3, 0.4) is 0 Å². The number of rotatable bonds is 6. The molecule has 0 atom stereocenters. The van der Waals surface area contributed by atoms with Crippen LogP contribution in [0.1, 0.15) is 11.1 Å². The molecule has 25 heavy (non-hydrogen) atoms. The zero-order valence-electron chi connectivity index (χ0n) is 12.5. The molecule has 0 heterocycles. The molecule has 0 N–H and O–H groups in total. The number of sulfone groups is 1. The Kier molecular flexibility index (Phi) is 7.79. The van der Waals surface area contributed by atoms with Crippen molar-refractivity contribution in [3.63, 3.8) is 0 Å². The van der Waals surface area contributed by atoms with Crippen molar-refractivity contribution in [2.75, 3.05) is 0 Å². The summed E-state index contributed by atoms with van der Waals surface area (Å²) < 4.78 is 50.4. The molecule has 0 aliphatic rings. The summed E-state index contributed by atoms with van der Waals surface area (Å²) in [6, 6.07) is 11.7. The fourth-order valence-corrected chi connectivity index (χ4v) is 14.6. The zero-order valence-corrected chi connectivity index (χ0v) is 22.0. The van der Waals surface area contributed by atoms with Gasteiger partial charge >= 0.3 is 0 Å². The first-order valence-electron chi connectivity index (χ1n) is 6.93. The minimum Gasteiger partial charge on any atom is -0.224 e. The van der Waals surface area contributed by atoms with E-state index in [4.69, 9.17) is 0 Å². The average molecular weight is 814 g/mol. The minimum atomic E-state index is -3.60. The lowest BCUT2D eigenvalue weighted by Crippen LogP contribution is -2.40. The van der Waals surface area contributed by atoms with E-state index in [1.165, 1.54) is 24.3 Å². The van der Waals surface area contributed by atoms with Gasteiger partial charge in [0.05, 0.1) is 0 Å². The van der Waals surface area contributed by atoms with Crippen molar-refractivity contribution < 1.29 is 17.2 Å². The highest BCUT2D eigenvalue weighted by Gasteiger charge is 2.51. The molecule has 136 valence electrons. The maximum absolute atomic E-state index is 13.2. The van der Waals surface area contributed by atoms with Crippen molar-refractivity contribution >= 4 is 100 Å². The largest absolute Gasteiger partial charge is 0.224 e. The molecule has 2 aromatic rings. The first kappa shape index (κ1) is 22.5. The Morgan fingerprint density at radius 3 is 1.24 bits per heavy atom. The normalized spacial score (nSPS) is 13.0. The van der Waals surface area contributed by atoms with Crippen LogP contribution in [0.2, 0.25) is 0 Å². The van der Waals surface area contributed by atoms with Crippen LogP contribution < -0.4 is 0 Å². The van der Waals surface area contributed by atoms with Gasteiger partial charge in [0.25, 0.3) is 0 Å². The SMILES string of the molecule is O=S(=O)(C(I)(I)Cc1ccc(F)cc1)C(I)(I)Cc1ccc(F)cc1. The molecule has 0 amide bonds. The second kappa shape index (κ2) is 8.68. The first-order valence-corrected chi connectivity index (χ1v) is 12.7. The van der Waals surface area contributed by atoms with Crippen molar-refractivity contribution in [3.05, 3.63) is 71.3 Å². The van der Waals surface area contributed by atoms with Crippen molar-refractivity contribution in [2.24, 2.45) is 0 Å². The van der Waals surface area contributed by atoms with Gasteiger partial charge in [-0.05, 0) is 126 Å². The lowest BCUT2D eigenvalue weighted by atomic mass is 10.2. The summed E-state index contributed by atoms with van der Waals surface area (Å²) >= 11 is 7.76. The van der Waals surface area contributed by atoms with E-state index >= 15 is 0 Å². The quantitative estimate of drug-likeness (QED) is 0.257. The van der Waals surface area contributed by atoms with E-state index in [2.05, 4.69) is 0 Å². The van der Waals surface area contributed by atoms with Gasteiger partial charge in [0.2, 0.25) is 0 Å². The third kappa shape index (κ3) is 5.59.